The fourth-order valence-electron chi connectivity index (χ4n) is 1.51. The molecular formula is C13H13BrN4O3. The first-order valence-corrected chi connectivity index (χ1v) is 6.66. The van der Waals surface area contributed by atoms with Gasteiger partial charge in [-0.15, -0.1) is 0 Å². The maximum atomic E-state index is 12.1. The van der Waals surface area contributed by atoms with Crippen molar-refractivity contribution in [2.75, 3.05) is 25.3 Å². The fraction of sp³-hybridized carbons (Fsp3) is 0.154. The highest BCUT2D eigenvalue weighted by atomic mass is 79.9. The molecule has 0 spiro atoms. The molecule has 1 aromatic heterocycles. The van der Waals surface area contributed by atoms with Crippen LogP contribution < -0.4 is 20.5 Å². The van der Waals surface area contributed by atoms with Gasteiger partial charge >= 0.3 is 0 Å². The van der Waals surface area contributed by atoms with Crippen molar-refractivity contribution >= 4 is 33.5 Å². The van der Waals surface area contributed by atoms with Crippen LogP contribution in [0, 0.1) is 0 Å². The predicted molar refractivity (Wildman–Crippen MR) is 81.6 cm³/mol. The van der Waals surface area contributed by atoms with Crippen molar-refractivity contribution in [1.29, 1.82) is 0 Å². The van der Waals surface area contributed by atoms with Crippen molar-refractivity contribution in [3.05, 3.63) is 34.3 Å². The zero-order valence-corrected chi connectivity index (χ0v) is 13.0. The van der Waals surface area contributed by atoms with Crippen LogP contribution in [0.2, 0.25) is 0 Å². The number of nitrogen functional groups attached to an aromatic ring is 1. The molecule has 0 radical (unpaired) electrons. The summed E-state index contributed by atoms with van der Waals surface area (Å²) < 4.78 is 10.7. The second kappa shape index (κ2) is 6.40. The van der Waals surface area contributed by atoms with Gasteiger partial charge in [0.1, 0.15) is 0 Å². The predicted octanol–water partition coefficient (Wildman–Crippen LogP) is 2.09. The molecule has 0 unspecified atom stereocenters. The summed E-state index contributed by atoms with van der Waals surface area (Å²) in [5.41, 5.74) is 6.65. The smallest absolute Gasteiger partial charge is 0.258 e. The highest BCUT2D eigenvalue weighted by Crippen LogP contribution is 2.22. The molecule has 0 aliphatic heterocycles. The van der Waals surface area contributed by atoms with Crippen molar-refractivity contribution < 1.29 is 14.3 Å². The Morgan fingerprint density at radius 3 is 2.33 bits per heavy atom. The lowest BCUT2D eigenvalue weighted by Crippen LogP contribution is -2.15. The fourth-order valence-corrected chi connectivity index (χ4v) is 1.89. The molecule has 2 rings (SSSR count). The van der Waals surface area contributed by atoms with E-state index in [1.807, 2.05) is 0 Å². The Kier molecular flexibility index (Phi) is 4.59. The van der Waals surface area contributed by atoms with Crippen LogP contribution in [0.4, 0.5) is 11.6 Å². The Morgan fingerprint density at radius 2 is 1.81 bits per heavy atom. The number of nitrogens with zero attached hydrogens (tertiary/aromatic N) is 2. The molecule has 1 aromatic carbocycles. The van der Waals surface area contributed by atoms with Crippen LogP contribution in [0.15, 0.2) is 28.7 Å². The molecule has 2 aromatic rings. The number of methoxy groups -OCH3 is 2. The lowest BCUT2D eigenvalue weighted by atomic mass is 10.2. The highest BCUT2D eigenvalue weighted by molar-refractivity contribution is 9.10. The van der Waals surface area contributed by atoms with E-state index in [0.29, 0.717) is 15.7 Å². The number of benzene rings is 1. The number of rotatable bonds is 4. The van der Waals surface area contributed by atoms with Crippen LogP contribution in [0.25, 0.3) is 0 Å². The van der Waals surface area contributed by atoms with Crippen molar-refractivity contribution in [2.24, 2.45) is 0 Å². The Labute approximate surface area is 129 Å². The molecule has 7 nitrogen and oxygen atoms in total. The number of carbonyl (C=O) groups is 1. The number of halogens is 1. The van der Waals surface area contributed by atoms with Crippen LogP contribution in [-0.4, -0.2) is 30.1 Å². The molecule has 0 saturated heterocycles. The van der Waals surface area contributed by atoms with Gasteiger partial charge < -0.3 is 15.2 Å². The molecule has 21 heavy (non-hydrogen) atoms. The summed E-state index contributed by atoms with van der Waals surface area (Å²) in [4.78, 5) is 20.2. The normalized spacial score (nSPS) is 10.0. The largest absolute Gasteiger partial charge is 0.481 e. The van der Waals surface area contributed by atoms with E-state index in [1.54, 1.807) is 18.2 Å². The third-order valence-corrected chi connectivity index (χ3v) is 3.27. The van der Waals surface area contributed by atoms with E-state index in [-0.39, 0.29) is 23.6 Å². The number of hydrogen-bond donors (Lipinski definition) is 2. The first-order valence-electron chi connectivity index (χ1n) is 5.87. The summed E-state index contributed by atoms with van der Waals surface area (Å²) in [6, 6.07) is 6.36. The summed E-state index contributed by atoms with van der Waals surface area (Å²) >= 11 is 3.27. The summed E-state index contributed by atoms with van der Waals surface area (Å²) in [5.74, 6) is 0.293. The van der Waals surface area contributed by atoms with Crippen LogP contribution in [0.3, 0.4) is 0 Å². The third-order valence-electron chi connectivity index (χ3n) is 2.59. The second-order valence-electron chi connectivity index (χ2n) is 3.97. The average Bonchev–Trinajstić information content (AvgIpc) is 2.49. The molecule has 0 aliphatic carbocycles. The Hall–Kier alpha value is -2.35. The van der Waals surface area contributed by atoms with E-state index in [1.165, 1.54) is 20.3 Å². The maximum absolute atomic E-state index is 12.1. The first kappa shape index (κ1) is 15.0. The van der Waals surface area contributed by atoms with Crippen molar-refractivity contribution in [1.82, 2.24) is 9.97 Å². The summed E-state index contributed by atoms with van der Waals surface area (Å²) in [7, 11) is 2.93. The van der Waals surface area contributed by atoms with E-state index in [2.05, 4.69) is 31.2 Å². The lowest BCUT2D eigenvalue weighted by Gasteiger charge is -2.08. The highest BCUT2D eigenvalue weighted by Gasteiger charge is 2.12. The first-order chi connectivity index (χ1) is 10.0. The maximum Gasteiger partial charge on any atom is 0.258 e. The van der Waals surface area contributed by atoms with Crippen LogP contribution in [0.1, 0.15) is 10.4 Å². The molecule has 0 saturated carbocycles. The molecule has 0 atom stereocenters. The van der Waals surface area contributed by atoms with Crippen molar-refractivity contribution in [3.63, 3.8) is 0 Å². The van der Waals surface area contributed by atoms with E-state index in [4.69, 9.17) is 15.2 Å². The van der Waals surface area contributed by atoms with E-state index < -0.39 is 0 Å². The van der Waals surface area contributed by atoms with Gasteiger partial charge in [0.25, 0.3) is 5.91 Å². The van der Waals surface area contributed by atoms with E-state index in [9.17, 15) is 4.79 Å². The van der Waals surface area contributed by atoms with Gasteiger partial charge in [0, 0.05) is 15.7 Å². The van der Waals surface area contributed by atoms with Gasteiger partial charge in [0.15, 0.2) is 0 Å². The van der Waals surface area contributed by atoms with Gasteiger partial charge in [-0.3, -0.25) is 10.1 Å². The van der Waals surface area contributed by atoms with Crippen LogP contribution >= 0.6 is 15.9 Å². The molecule has 3 N–H and O–H groups in total. The minimum absolute atomic E-state index is 0.0872. The SMILES string of the molecule is COc1cc(OC)nc(NC(=O)c2ccc(N)c(Br)c2)n1. The molecule has 1 heterocycles. The Balaban J connectivity index is 2.24. The minimum atomic E-state index is -0.369. The van der Waals surface area contributed by atoms with Gasteiger partial charge in [0.2, 0.25) is 17.7 Å². The molecule has 0 aliphatic rings. The number of nitrogens with two attached hydrogens (primary N) is 1. The number of hydrogen-bond acceptors (Lipinski definition) is 6. The van der Waals surface area contributed by atoms with Crippen molar-refractivity contribution in [3.8, 4) is 11.8 Å². The Morgan fingerprint density at radius 1 is 1.19 bits per heavy atom. The minimum Gasteiger partial charge on any atom is -0.481 e. The number of nitrogens with one attached hydrogen (secondary N) is 1. The molecular weight excluding hydrogens is 340 g/mol. The van der Waals surface area contributed by atoms with Crippen molar-refractivity contribution in [2.45, 2.75) is 0 Å². The van der Waals surface area contributed by atoms with E-state index >= 15 is 0 Å². The monoisotopic (exact) mass is 352 g/mol. The number of anilines is 2. The number of ether oxygens (including phenoxy) is 2. The standard InChI is InChI=1S/C13H13BrN4O3/c1-20-10-6-11(21-2)17-13(16-10)18-12(19)7-3-4-9(15)8(14)5-7/h3-6H,15H2,1-2H3,(H,16,17,18,19). The number of carbonyl (C=O) groups excluding carboxylic acids is 1. The van der Waals surface area contributed by atoms with Gasteiger partial charge in [-0.05, 0) is 34.1 Å². The summed E-state index contributed by atoms with van der Waals surface area (Å²) in [5, 5.41) is 2.57. The second-order valence-corrected chi connectivity index (χ2v) is 4.82. The lowest BCUT2D eigenvalue weighted by molar-refractivity contribution is 0.102. The Bertz CT molecular complexity index is 656. The van der Waals surface area contributed by atoms with Gasteiger partial charge in [-0.25, -0.2) is 0 Å². The molecule has 1 amide bonds. The topological polar surface area (TPSA) is 99.4 Å². The van der Waals surface area contributed by atoms with E-state index in [0.717, 1.165) is 0 Å². The number of amides is 1. The quantitative estimate of drug-likeness (QED) is 0.817. The van der Waals surface area contributed by atoms with Gasteiger partial charge in [-0.2, -0.15) is 9.97 Å². The summed E-state index contributed by atoms with van der Waals surface area (Å²) in [6.07, 6.45) is 0. The van der Waals surface area contributed by atoms with Crippen LogP contribution in [0.5, 0.6) is 11.8 Å². The van der Waals surface area contributed by atoms with Gasteiger partial charge in [0.05, 0.1) is 20.3 Å². The molecule has 0 fully saturated rings. The molecule has 8 heteroatoms. The zero-order valence-electron chi connectivity index (χ0n) is 11.4. The zero-order chi connectivity index (χ0) is 15.4. The summed E-state index contributed by atoms with van der Waals surface area (Å²) in [6.45, 7) is 0. The average molecular weight is 353 g/mol. The third kappa shape index (κ3) is 3.60. The molecule has 0 bridgehead atoms. The molecule has 110 valence electrons. The van der Waals surface area contributed by atoms with Crippen LogP contribution in [-0.2, 0) is 0 Å². The number of aromatic nitrogens is 2. The van der Waals surface area contributed by atoms with Gasteiger partial charge in [-0.1, -0.05) is 0 Å².